The number of nitrogens with one attached hydrogen (secondary N) is 1. The van der Waals surface area contributed by atoms with Crippen molar-refractivity contribution in [3.05, 3.63) is 41.5 Å². The fourth-order valence-electron chi connectivity index (χ4n) is 3.19. The molecule has 118 valence electrons. The van der Waals surface area contributed by atoms with E-state index in [0.717, 1.165) is 24.5 Å². The molecule has 2 aromatic rings. The summed E-state index contributed by atoms with van der Waals surface area (Å²) in [7, 11) is 0. The molecule has 0 radical (unpaired) electrons. The molecular weight excluding hydrogens is 281 g/mol. The Bertz CT molecular complexity index is 623. The largest absolute Gasteiger partial charge is 0.322 e. The number of nitrogens with zero attached hydrogens (tertiary/aromatic N) is 4. The second-order valence-electron chi connectivity index (χ2n) is 6.97. The van der Waals surface area contributed by atoms with Gasteiger partial charge in [0.2, 0.25) is 5.82 Å². The van der Waals surface area contributed by atoms with Gasteiger partial charge < -0.3 is 4.90 Å². The van der Waals surface area contributed by atoms with Crippen LogP contribution < -0.4 is 4.90 Å². The molecule has 1 N–H and O–H groups in total. The number of hydrogen-bond acceptors (Lipinski definition) is 3. The third-order valence-corrected chi connectivity index (χ3v) is 4.24. The SMILES string of the molecule is CC(C)(C)n1nnnc1[C@H](c1ccc(F)cc1)[NH+]1CCCC1. The second-order valence-corrected chi connectivity index (χ2v) is 6.97. The molecular formula is C16H23FN5+. The first-order valence-corrected chi connectivity index (χ1v) is 7.85. The van der Waals surface area contributed by atoms with Crippen molar-refractivity contribution < 1.29 is 9.29 Å². The summed E-state index contributed by atoms with van der Waals surface area (Å²) in [6.07, 6.45) is 2.42. The molecule has 1 aromatic heterocycles. The molecule has 6 heteroatoms. The zero-order valence-electron chi connectivity index (χ0n) is 13.4. The Morgan fingerprint density at radius 1 is 1.14 bits per heavy atom. The van der Waals surface area contributed by atoms with Crippen molar-refractivity contribution in [2.75, 3.05) is 13.1 Å². The van der Waals surface area contributed by atoms with Gasteiger partial charge in [0, 0.05) is 18.4 Å². The number of halogens is 1. The number of likely N-dealkylation sites (tertiary alicyclic amines) is 1. The van der Waals surface area contributed by atoms with Gasteiger partial charge in [0.25, 0.3) is 0 Å². The highest BCUT2D eigenvalue weighted by Crippen LogP contribution is 2.23. The lowest BCUT2D eigenvalue weighted by atomic mass is 10.0. The van der Waals surface area contributed by atoms with Crippen molar-refractivity contribution >= 4 is 0 Å². The summed E-state index contributed by atoms with van der Waals surface area (Å²) in [5, 5.41) is 12.4. The molecule has 0 aliphatic carbocycles. The van der Waals surface area contributed by atoms with Gasteiger partial charge in [-0.15, -0.1) is 5.10 Å². The molecule has 0 bridgehead atoms. The maximum atomic E-state index is 13.3. The van der Waals surface area contributed by atoms with Crippen molar-refractivity contribution in [1.82, 2.24) is 20.2 Å². The van der Waals surface area contributed by atoms with Crippen LogP contribution >= 0.6 is 0 Å². The minimum Gasteiger partial charge on any atom is -0.322 e. The number of benzene rings is 1. The zero-order valence-corrected chi connectivity index (χ0v) is 13.4. The van der Waals surface area contributed by atoms with Crippen molar-refractivity contribution in [2.45, 2.75) is 45.2 Å². The molecule has 1 aliphatic heterocycles. The summed E-state index contributed by atoms with van der Waals surface area (Å²) in [4.78, 5) is 1.45. The maximum Gasteiger partial charge on any atom is 0.214 e. The first-order chi connectivity index (χ1) is 10.5. The van der Waals surface area contributed by atoms with Gasteiger partial charge in [-0.3, -0.25) is 0 Å². The van der Waals surface area contributed by atoms with Crippen LogP contribution in [-0.4, -0.2) is 33.3 Å². The van der Waals surface area contributed by atoms with Gasteiger partial charge in [-0.1, -0.05) is 0 Å². The quantitative estimate of drug-likeness (QED) is 0.931. The molecule has 0 amide bonds. The normalized spacial score (nSPS) is 17.8. The average Bonchev–Trinajstić information content (AvgIpc) is 3.12. The summed E-state index contributed by atoms with van der Waals surface area (Å²) in [6, 6.07) is 6.80. The Kier molecular flexibility index (Phi) is 3.95. The van der Waals surface area contributed by atoms with E-state index in [9.17, 15) is 4.39 Å². The highest BCUT2D eigenvalue weighted by molar-refractivity contribution is 5.23. The average molecular weight is 304 g/mol. The molecule has 0 spiro atoms. The fraction of sp³-hybridized carbons (Fsp3) is 0.562. The number of rotatable bonds is 3. The molecule has 1 atom stereocenters. The summed E-state index contributed by atoms with van der Waals surface area (Å²) < 4.78 is 15.2. The lowest BCUT2D eigenvalue weighted by Crippen LogP contribution is -3.10. The van der Waals surface area contributed by atoms with Gasteiger partial charge in [0.15, 0.2) is 6.04 Å². The highest BCUT2D eigenvalue weighted by Gasteiger charge is 2.35. The standard InChI is InChI=1S/C16H22FN5/c1-16(2,3)22-15(18-19-20-22)14(21-10-4-5-11-21)12-6-8-13(17)9-7-12/h6-9,14H,4-5,10-11H2,1-3H3/p+1/t14-/m0/s1. The van der Waals surface area contributed by atoms with Crippen LogP contribution in [0.3, 0.4) is 0 Å². The van der Waals surface area contributed by atoms with E-state index < -0.39 is 0 Å². The highest BCUT2D eigenvalue weighted by atomic mass is 19.1. The summed E-state index contributed by atoms with van der Waals surface area (Å²) >= 11 is 0. The lowest BCUT2D eigenvalue weighted by Gasteiger charge is -2.27. The van der Waals surface area contributed by atoms with Gasteiger partial charge >= 0.3 is 0 Å². The molecule has 1 aromatic carbocycles. The second kappa shape index (κ2) is 5.76. The van der Waals surface area contributed by atoms with E-state index in [1.54, 1.807) is 0 Å². The minimum absolute atomic E-state index is 0.0531. The smallest absolute Gasteiger partial charge is 0.214 e. The molecule has 1 saturated heterocycles. The van der Waals surface area contributed by atoms with Gasteiger partial charge in [-0.2, -0.15) is 0 Å². The van der Waals surface area contributed by atoms with Crippen molar-refractivity contribution in [3.8, 4) is 0 Å². The Balaban J connectivity index is 2.06. The van der Waals surface area contributed by atoms with Gasteiger partial charge in [0.1, 0.15) is 5.82 Å². The Morgan fingerprint density at radius 2 is 1.77 bits per heavy atom. The summed E-state index contributed by atoms with van der Waals surface area (Å²) in [6.45, 7) is 8.47. The monoisotopic (exact) mass is 304 g/mol. The van der Waals surface area contributed by atoms with E-state index in [1.165, 1.54) is 29.9 Å². The van der Waals surface area contributed by atoms with Crippen LogP contribution in [0.25, 0.3) is 0 Å². The predicted octanol–water partition coefficient (Wildman–Crippen LogP) is 1.34. The third-order valence-electron chi connectivity index (χ3n) is 4.24. The number of hydrogen-bond donors (Lipinski definition) is 1. The summed E-state index contributed by atoms with van der Waals surface area (Å²) in [5.74, 6) is 0.644. The molecule has 3 rings (SSSR count). The Hall–Kier alpha value is -1.82. The molecule has 5 nitrogen and oxygen atoms in total. The van der Waals surface area contributed by atoms with Crippen LogP contribution in [0.4, 0.5) is 4.39 Å². The zero-order chi connectivity index (χ0) is 15.7. The van der Waals surface area contributed by atoms with Gasteiger partial charge in [0.05, 0.1) is 18.6 Å². The van der Waals surface area contributed by atoms with Crippen LogP contribution in [0.5, 0.6) is 0 Å². The predicted molar refractivity (Wildman–Crippen MR) is 81.0 cm³/mol. The molecule has 0 saturated carbocycles. The Labute approximate surface area is 130 Å². The molecule has 1 aliphatic rings. The van der Waals surface area contributed by atoms with Crippen molar-refractivity contribution in [3.63, 3.8) is 0 Å². The first kappa shape index (κ1) is 15.1. The fourth-order valence-corrected chi connectivity index (χ4v) is 3.19. The van der Waals surface area contributed by atoms with Crippen molar-refractivity contribution in [2.24, 2.45) is 0 Å². The number of aromatic nitrogens is 4. The molecule has 2 heterocycles. The number of quaternary nitrogens is 1. The van der Waals surface area contributed by atoms with Crippen LogP contribution in [-0.2, 0) is 5.54 Å². The maximum absolute atomic E-state index is 13.3. The topological polar surface area (TPSA) is 48.0 Å². The lowest BCUT2D eigenvalue weighted by molar-refractivity contribution is -0.914. The van der Waals surface area contributed by atoms with Crippen LogP contribution in [0.15, 0.2) is 24.3 Å². The molecule has 22 heavy (non-hydrogen) atoms. The van der Waals surface area contributed by atoms with Gasteiger partial charge in [-0.25, -0.2) is 9.07 Å². The Morgan fingerprint density at radius 3 is 2.36 bits per heavy atom. The van der Waals surface area contributed by atoms with Crippen LogP contribution in [0.2, 0.25) is 0 Å². The van der Waals surface area contributed by atoms with E-state index in [1.807, 2.05) is 16.8 Å². The van der Waals surface area contributed by atoms with E-state index in [4.69, 9.17) is 0 Å². The van der Waals surface area contributed by atoms with Crippen LogP contribution in [0, 0.1) is 5.82 Å². The van der Waals surface area contributed by atoms with E-state index >= 15 is 0 Å². The van der Waals surface area contributed by atoms with Crippen LogP contribution in [0.1, 0.15) is 51.0 Å². The van der Waals surface area contributed by atoms with E-state index in [2.05, 4.69) is 36.3 Å². The van der Waals surface area contributed by atoms with E-state index in [-0.39, 0.29) is 17.4 Å². The minimum atomic E-state index is -0.214. The van der Waals surface area contributed by atoms with Gasteiger partial charge in [-0.05, 0) is 55.5 Å². The number of tetrazole rings is 1. The molecule has 0 unspecified atom stereocenters. The van der Waals surface area contributed by atoms with E-state index in [0.29, 0.717) is 0 Å². The third kappa shape index (κ3) is 2.88. The molecule has 1 fully saturated rings. The first-order valence-electron chi connectivity index (χ1n) is 7.85. The summed E-state index contributed by atoms with van der Waals surface area (Å²) in [5.41, 5.74) is 0.884. The van der Waals surface area contributed by atoms with Crippen molar-refractivity contribution in [1.29, 1.82) is 0 Å².